The van der Waals surface area contributed by atoms with Crippen molar-refractivity contribution in [3.63, 3.8) is 0 Å². The van der Waals surface area contributed by atoms with Crippen LogP contribution in [-0.2, 0) is 9.53 Å². The van der Waals surface area contributed by atoms with Gasteiger partial charge in [0.15, 0.2) is 5.69 Å². The Hall–Kier alpha value is -1.50. The fourth-order valence-electron chi connectivity index (χ4n) is 2.01. The minimum Gasteiger partial charge on any atom is -0.469 e. The summed E-state index contributed by atoms with van der Waals surface area (Å²) in [6.07, 6.45) is 0. The van der Waals surface area contributed by atoms with E-state index in [0.717, 1.165) is 11.5 Å². The normalized spacial score (nSPS) is 23.8. The number of likely N-dealkylation sites (tertiary alicyclic amines) is 1. The maximum Gasteiger partial charge on any atom is 0.310 e. The van der Waals surface area contributed by atoms with Gasteiger partial charge in [-0.05, 0) is 17.5 Å². The number of methoxy groups -OCH3 is 1. The first-order valence-electron chi connectivity index (χ1n) is 5.27. The van der Waals surface area contributed by atoms with Gasteiger partial charge in [0.1, 0.15) is 0 Å². The molecular formula is C10H13N3O3S. The summed E-state index contributed by atoms with van der Waals surface area (Å²) in [7, 11) is 1.36. The molecule has 1 aliphatic rings. The Kier molecular flexibility index (Phi) is 3.37. The van der Waals surface area contributed by atoms with E-state index < -0.39 is 0 Å². The Labute approximate surface area is 103 Å². The molecule has 1 aromatic heterocycles. The average molecular weight is 255 g/mol. The summed E-state index contributed by atoms with van der Waals surface area (Å²) in [5.74, 6) is -0.560. The number of amides is 1. The molecule has 0 bridgehead atoms. The lowest BCUT2D eigenvalue weighted by atomic mass is 9.99. The summed E-state index contributed by atoms with van der Waals surface area (Å²) in [6, 6.07) is 0. The lowest BCUT2D eigenvalue weighted by Gasteiger charge is -2.13. The largest absolute Gasteiger partial charge is 0.469 e. The molecule has 6 nitrogen and oxygen atoms in total. The molecule has 0 spiro atoms. The third kappa shape index (κ3) is 2.28. The monoisotopic (exact) mass is 255 g/mol. The third-order valence-electron chi connectivity index (χ3n) is 2.98. The molecule has 2 unspecified atom stereocenters. The van der Waals surface area contributed by atoms with Crippen LogP contribution in [0.25, 0.3) is 0 Å². The van der Waals surface area contributed by atoms with Crippen molar-refractivity contribution in [2.75, 3.05) is 20.2 Å². The molecule has 92 valence electrons. The van der Waals surface area contributed by atoms with Gasteiger partial charge in [0.05, 0.1) is 13.0 Å². The molecule has 2 rings (SSSR count). The number of hydrogen-bond donors (Lipinski definition) is 0. The number of carbonyl (C=O) groups is 2. The van der Waals surface area contributed by atoms with Crippen molar-refractivity contribution in [2.24, 2.45) is 11.8 Å². The Balaban J connectivity index is 2.06. The van der Waals surface area contributed by atoms with Gasteiger partial charge >= 0.3 is 5.97 Å². The van der Waals surface area contributed by atoms with Crippen molar-refractivity contribution in [1.29, 1.82) is 0 Å². The summed E-state index contributed by atoms with van der Waals surface area (Å²) in [5, 5.41) is 5.35. The third-order valence-corrected chi connectivity index (χ3v) is 3.49. The molecule has 0 N–H and O–H groups in total. The lowest BCUT2D eigenvalue weighted by Crippen LogP contribution is -2.30. The Bertz CT molecular complexity index is 420. The van der Waals surface area contributed by atoms with Crippen molar-refractivity contribution < 1.29 is 14.3 Å². The molecule has 1 aromatic rings. The molecule has 0 saturated carbocycles. The van der Waals surface area contributed by atoms with Crippen LogP contribution in [-0.4, -0.2) is 46.6 Å². The van der Waals surface area contributed by atoms with Gasteiger partial charge in [-0.25, -0.2) is 0 Å². The van der Waals surface area contributed by atoms with Crippen LogP contribution in [0, 0.1) is 11.8 Å². The van der Waals surface area contributed by atoms with Gasteiger partial charge < -0.3 is 9.64 Å². The number of aromatic nitrogens is 2. The van der Waals surface area contributed by atoms with Crippen molar-refractivity contribution in [3.8, 4) is 0 Å². The zero-order valence-corrected chi connectivity index (χ0v) is 10.4. The molecular weight excluding hydrogens is 242 g/mol. The molecule has 2 heterocycles. The first-order valence-corrected chi connectivity index (χ1v) is 6.11. The minimum absolute atomic E-state index is 0.109. The molecule has 1 saturated heterocycles. The van der Waals surface area contributed by atoms with Crippen LogP contribution < -0.4 is 0 Å². The van der Waals surface area contributed by atoms with E-state index in [1.54, 1.807) is 10.3 Å². The highest BCUT2D eigenvalue weighted by Gasteiger charge is 2.38. The SMILES string of the molecule is COC(=O)C1CN(C(=O)c2csnn2)CC1C. The van der Waals surface area contributed by atoms with Crippen LogP contribution in [0.1, 0.15) is 17.4 Å². The minimum atomic E-state index is -0.260. The Morgan fingerprint density at radius 2 is 2.29 bits per heavy atom. The molecule has 7 heteroatoms. The second kappa shape index (κ2) is 4.79. The number of nitrogens with zero attached hydrogens (tertiary/aromatic N) is 3. The van der Waals surface area contributed by atoms with Crippen molar-refractivity contribution >= 4 is 23.4 Å². The van der Waals surface area contributed by atoms with E-state index in [2.05, 4.69) is 9.59 Å². The van der Waals surface area contributed by atoms with Gasteiger partial charge in [-0.2, -0.15) is 0 Å². The van der Waals surface area contributed by atoms with Crippen LogP contribution in [0.2, 0.25) is 0 Å². The van der Waals surface area contributed by atoms with E-state index in [9.17, 15) is 9.59 Å². The van der Waals surface area contributed by atoms with E-state index in [4.69, 9.17) is 4.74 Å². The standard InChI is InChI=1S/C10H13N3O3S/c1-6-3-13(4-7(6)10(15)16-2)9(14)8-5-17-12-11-8/h5-7H,3-4H2,1-2H3. The number of ether oxygens (including phenoxy) is 1. The van der Waals surface area contributed by atoms with Crippen LogP contribution in [0.15, 0.2) is 5.38 Å². The molecule has 2 atom stereocenters. The number of carbonyl (C=O) groups excluding carboxylic acids is 2. The van der Waals surface area contributed by atoms with Crippen molar-refractivity contribution in [3.05, 3.63) is 11.1 Å². The van der Waals surface area contributed by atoms with Gasteiger partial charge in [0, 0.05) is 18.5 Å². The zero-order chi connectivity index (χ0) is 12.4. The summed E-state index contributed by atoms with van der Waals surface area (Å²) in [4.78, 5) is 25.1. The fraction of sp³-hybridized carbons (Fsp3) is 0.600. The molecule has 0 aliphatic carbocycles. The number of rotatable bonds is 2. The first kappa shape index (κ1) is 12.0. The van der Waals surface area contributed by atoms with E-state index in [0.29, 0.717) is 18.8 Å². The first-order chi connectivity index (χ1) is 8.13. The van der Waals surface area contributed by atoms with Gasteiger partial charge in [-0.1, -0.05) is 11.4 Å². The van der Waals surface area contributed by atoms with E-state index in [-0.39, 0.29) is 23.7 Å². The lowest BCUT2D eigenvalue weighted by molar-refractivity contribution is -0.146. The summed E-state index contributed by atoms with van der Waals surface area (Å²) in [5.41, 5.74) is 0.340. The number of hydrogen-bond acceptors (Lipinski definition) is 6. The van der Waals surface area contributed by atoms with E-state index >= 15 is 0 Å². The highest BCUT2D eigenvalue weighted by Crippen LogP contribution is 2.25. The zero-order valence-electron chi connectivity index (χ0n) is 9.62. The Morgan fingerprint density at radius 3 is 2.88 bits per heavy atom. The van der Waals surface area contributed by atoms with Crippen molar-refractivity contribution in [2.45, 2.75) is 6.92 Å². The number of esters is 1. The van der Waals surface area contributed by atoms with E-state index in [1.165, 1.54) is 7.11 Å². The molecule has 17 heavy (non-hydrogen) atoms. The predicted molar refractivity (Wildman–Crippen MR) is 60.5 cm³/mol. The molecule has 1 fully saturated rings. The summed E-state index contributed by atoms with van der Waals surface area (Å²) in [6.45, 7) is 2.88. The molecule has 1 amide bonds. The van der Waals surface area contributed by atoms with Gasteiger partial charge in [0.2, 0.25) is 0 Å². The quantitative estimate of drug-likeness (QED) is 0.716. The summed E-state index contributed by atoms with van der Waals surface area (Å²) >= 11 is 1.14. The van der Waals surface area contributed by atoms with Crippen LogP contribution in [0.4, 0.5) is 0 Å². The predicted octanol–water partition coefficient (Wildman–Crippen LogP) is 0.419. The summed E-state index contributed by atoms with van der Waals surface area (Å²) < 4.78 is 8.38. The highest BCUT2D eigenvalue weighted by atomic mass is 32.1. The van der Waals surface area contributed by atoms with Gasteiger partial charge in [-0.3, -0.25) is 9.59 Å². The smallest absolute Gasteiger partial charge is 0.310 e. The fourth-order valence-corrected chi connectivity index (χ4v) is 2.44. The maximum atomic E-state index is 12.0. The maximum absolute atomic E-state index is 12.0. The van der Waals surface area contributed by atoms with Gasteiger partial charge in [-0.15, -0.1) is 5.10 Å². The molecule has 0 radical (unpaired) electrons. The Morgan fingerprint density at radius 1 is 1.53 bits per heavy atom. The van der Waals surface area contributed by atoms with E-state index in [1.807, 2.05) is 6.92 Å². The highest BCUT2D eigenvalue weighted by molar-refractivity contribution is 7.03. The second-order valence-electron chi connectivity index (χ2n) is 4.11. The average Bonchev–Trinajstić information content (AvgIpc) is 2.96. The van der Waals surface area contributed by atoms with Crippen molar-refractivity contribution in [1.82, 2.24) is 14.5 Å². The van der Waals surface area contributed by atoms with Gasteiger partial charge in [0.25, 0.3) is 5.91 Å². The molecule has 0 aromatic carbocycles. The second-order valence-corrected chi connectivity index (χ2v) is 4.72. The van der Waals surface area contributed by atoms with Crippen LogP contribution in [0.5, 0.6) is 0 Å². The topological polar surface area (TPSA) is 72.4 Å². The van der Waals surface area contributed by atoms with Crippen LogP contribution >= 0.6 is 11.5 Å². The van der Waals surface area contributed by atoms with Crippen LogP contribution in [0.3, 0.4) is 0 Å². The molecule has 1 aliphatic heterocycles.